The third-order valence-electron chi connectivity index (χ3n) is 2.78. The number of pyridine rings is 1. The number of nitrogens with zero attached hydrogens (tertiary/aromatic N) is 4. The number of fused-ring (bicyclic) bond motifs is 1. The van der Waals surface area contributed by atoms with Crippen LogP contribution in [0.15, 0.2) is 36.5 Å². The summed E-state index contributed by atoms with van der Waals surface area (Å²) >= 11 is 0. The predicted octanol–water partition coefficient (Wildman–Crippen LogP) is 1.04. The van der Waals surface area contributed by atoms with Crippen molar-refractivity contribution in [3.63, 3.8) is 0 Å². The van der Waals surface area contributed by atoms with Gasteiger partial charge in [-0.1, -0.05) is 18.2 Å². The zero-order valence-electron chi connectivity index (χ0n) is 9.61. The minimum atomic E-state index is 0.186. The summed E-state index contributed by atoms with van der Waals surface area (Å²) < 4.78 is 1.58. The highest BCUT2D eigenvalue weighted by Crippen LogP contribution is 2.17. The Bertz CT molecular complexity index is 697. The lowest BCUT2D eigenvalue weighted by atomic mass is 10.1. The summed E-state index contributed by atoms with van der Waals surface area (Å²) in [7, 11) is 0. The molecule has 6 heteroatoms. The van der Waals surface area contributed by atoms with E-state index in [9.17, 15) is 0 Å². The van der Waals surface area contributed by atoms with Crippen LogP contribution in [0.3, 0.4) is 0 Å². The second kappa shape index (κ2) is 3.99. The molecule has 0 saturated carbocycles. The molecular weight excluding hydrogens is 228 g/mol. The lowest BCUT2D eigenvalue weighted by Gasteiger charge is -2.06. The highest BCUT2D eigenvalue weighted by atomic mass is 15.4. The SMILES string of the molecule is Nc1nc(N)n(Cc2ccnc3ccccc23)n1. The van der Waals surface area contributed by atoms with Gasteiger partial charge in [0.05, 0.1) is 12.1 Å². The molecular formula is C12H12N6. The third-order valence-corrected chi connectivity index (χ3v) is 2.78. The van der Waals surface area contributed by atoms with Gasteiger partial charge < -0.3 is 11.5 Å². The topological polar surface area (TPSA) is 95.6 Å². The lowest BCUT2D eigenvalue weighted by molar-refractivity contribution is 0.702. The molecule has 6 nitrogen and oxygen atoms in total. The number of para-hydroxylation sites is 1. The first kappa shape index (κ1) is 10.5. The van der Waals surface area contributed by atoms with Gasteiger partial charge in [-0.05, 0) is 17.7 Å². The Hall–Kier alpha value is -2.63. The summed E-state index contributed by atoms with van der Waals surface area (Å²) in [6.45, 7) is 0.527. The Kier molecular flexibility index (Phi) is 2.33. The second-order valence-corrected chi connectivity index (χ2v) is 3.97. The van der Waals surface area contributed by atoms with E-state index in [1.165, 1.54) is 0 Å². The number of aromatic nitrogens is 4. The summed E-state index contributed by atoms with van der Waals surface area (Å²) in [4.78, 5) is 8.19. The first-order valence-electron chi connectivity index (χ1n) is 5.52. The van der Waals surface area contributed by atoms with Crippen molar-refractivity contribution < 1.29 is 0 Å². The molecule has 0 fully saturated rings. The minimum Gasteiger partial charge on any atom is -0.368 e. The molecule has 0 radical (unpaired) electrons. The van der Waals surface area contributed by atoms with Crippen molar-refractivity contribution >= 4 is 22.8 Å². The maximum atomic E-state index is 5.73. The van der Waals surface area contributed by atoms with Crippen molar-refractivity contribution in [1.82, 2.24) is 19.7 Å². The molecule has 0 amide bonds. The Morgan fingerprint density at radius 2 is 1.94 bits per heavy atom. The molecule has 0 unspecified atom stereocenters. The van der Waals surface area contributed by atoms with Crippen LogP contribution in [0.4, 0.5) is 11.9 Å². The molecule has 0 aliphatic rings. The van der Waals surface area contributed by atoms with Crippen LogP contribution in [0.2, 0.25) is 0 Å². The number of rotatable bonds is 2. The van der Waals surface area contributed by atoms with E-state index in [1.54, 1.807) is 10.9 Å². The van der Waals surface area contributed by atoms with Crippen LogP contribution in [0.25, 0.3) is 10.9 Å². The molecule has 0 spiro atoms. The van der Waals surface area contributed by atoms with Crippen LogP contribution >= 0.6 is 0 Å². The fraction of sp³-hybridized carbons (Fsp3) is 0.0833. The Morgan fingerprint density at radius 1 is 1.11 bits per heavy atom. The van der Waals surface area contributed by atoms with E-state index in [-0.39, 0.29) is 5.95 Å². The van der Waals surface area contributed by atoms with Crippen molar-refractivity contribution in [3.8, 4) is 0 Å². The second-order valence-electron chi connectivity index (χ2n) is 3.97. The van der Waals surface area contributed by atoms with Gasteiger partial charge in [0.25, 0.3) is 0 Å². The Balaban J connectivity index is 2.07. The van der Waals surface area contributed by atoms with E-state index in [0.717, 1.165) is 16.5 Å². The van der Waals surface area contributed by atoms with Crippen molar-refractivity contribution in [3.05, 3.63) is 42.1 Å². The maximum Gasteiger partial charge on any atom is 0.241 e. The van der Waals surface area contributed by atoms with Crippen LogP contribution in [0.5, 0.6) is 0 Å². The van der Waals surface area contributed by atoms with Crippen molar-refractivity contribution in [2.24, 2.45) is 0 Å². The summed E-state index contributed by atoms with van der Waals surface area (Å²) in [5.41, 5.74) is 13.3. The fourth-order valence-electron chi connectivity index (χ4n) is 1.94. The first-order chi connectivity index (χ1) is 8.74. The highest BCUT2D eigenvalue weighted by molar-refractivity contribution is 5.81. The molecule has 2 aromatic heterocycles. The van der Waals surface area contributed by atoms with Crippen LogP contribution in [-0.2, 0) is 6.54 Å². The van der Waals surface area contributed by atoms with E-state index in [4.69, 9.17) is 11.5 Å². The number of anilines is 2. The Morgan fingerprint density at radius 3 is 2.72 bits per heavy atom. The van der Waals surface area contributed by atoms with Gasteiger partial charge in [0.15, 0.2) is 0 Å². The number of nitrogens with two attached hydrogens (primary N) is 2. The monoisotopic (exact) mass is 240 g/mol. The molecule has 0 aliphatic carbocycles. The van der Waals surface area contributed by atoms with Crippen molar-refractivity contribution in [2.75, 3.05) is 11.5 Å². The van der Waals surface area contributed by atoms with E-state index < -0.39 is 0 Å². The molecule has 0 saturated heterocycles. The summed E-state index contributed by atoms with van der Waals surface area (Å²) in [5.74, 6) is 0.499. The zero-order valence-corrected chi connectivity index (χ0v) is 9.61. The maximum absolute atomic E-state index is 5.73. The molecule has 90 valence electrons. The van der Waals surface area contributed by atoms with Crippen LogP contribution < -0.4 is 11.5 Å². The van der Waals surface area contributed by atoms with E-state index in [1.807, 2.05) is 30.3 Å². The van der Waals surface area contributed by atoms with Crippen molar-refractivity contribution in [1.29, 1.82) is 0 Å². The van der Waals surface area contributed by atoms with E-state index in [2.05, 4.69) is 15.1 Å². The van der Waals surface area contributed by atoms with Gasteiger partial charge in [0.2, 0.25) is 11.9 Å². The first-order valence-corrected chi connectivity index (χ1v) is 5.52. The predicted molar refractivity (Wildman–Crippen MR) is 69.7 cm³/mol. The lowest BCUT2D eigenvalue weighted by Crippen LogP contribution is -2.07. The van der Waals surface area contributed by atoms with Gasteiger partial charge in [-0.25, -0.2) is 4.68 Å². The normalized spacial score (nSPS) is 10.9. The van der Waals surface area contributed by atoms with Gasteiger partial charge in [0.1, 0.15) is 0 Å². The quantitative estimate of drug-likeness (QED) is 0.697. The molecule has 3 aromatic rings. The van der Waals surface area contributed by atoms with Gasteiger partial charge in [-0.3, -0.25) is 4.98 Å². The Labute approximate surface area is 103 Å². The van der Waals surface area contributed by atoms with E-state index >= 15 is 0 Å². The zero-order chi connectivity index (χ0) is 12.5. The number of nitrogen functional groups attached to an aromatic ring is 2. The van der Waals surface area contributed by atoms with Gasteiger partial charge in [0, 0.05) is 11.6 Å². The van der Waals surface area contributed by atoms with Crippen LogP contribution in [0, 0.1) is 0 Å². The average Bonchev–Trinajstić information content (AvgIpc) is 2.68. The molecule has 1 aromatic carbocycles. The largest absolute Gasteiger partial charge is 0.368 e. The standard InChI is InChI=1S/C12H12N6/c13-11-16-12(14)18(17-11)7-8-5-6-15-10-4-2-1-3-9(8)10/h1-6H,7H2,(H4,13,14,16,17). The van der Waals surface area contributed by atoms with Crippen LogP contribution in [0.1, 0.15) is 5.56 Å². The molecule has 0 atom stereocenters. The van der Waals surface area contributed by atoms with Crippen molar-refractivity contribution in [2.45, 2.75) is 6.54 Å². The molecule has 0 aliphatic heterocycles. The van der Waals surface area contributed by atoms with Crippen LogP contribution in [-0.4, -0.2) is 19.7 Å². The summed E-state index contributed by atoms with van der Waals surface area (Å²) in [5, 5.41) is 5.13. The molecule has 18 heavy (non-hydrogen) atoms. The molecule has 0 bridgehead atoms. The molecule has 2 heterocycles. The number of hydrogen-bond donors (Lipinski definition) is 2. The number of hydrogen-bond acceptors (Lipinski definition) is 5. The molecule has 3 rings (SSSR count). The minimum absolute atomic E-state index is 0.186. The smallest absolute Gasteiger partial charge is 0.241 e. The summed E-state index contributed by atoms with van der Waals surface area (Å²) in [6.07, 6.45) is 1.77. The van der Waals surface area contributed by atoms with Gasteiger partial charge in [-0.15, -0.1) is 5.10 Å². The fourth-order valence-corrected chi connectivity index (χ4v) is 1.94. The average molecular weight is 240 g/mol. The summed E-state index contributed by atoms with van der Waals surface area (Å²) in [6, 6.07) is 9.87. The highest BCUT2D eigenvalue weighted by Gasteiger charge is 2.07. The van der Waals surface area contributed by atoms with Gasteiger partial charge >= 0.3 is 0 Å². The van der Waals surface area contributed by atoms with Gasteiger partial charge in [-0.2, -0.15) is 4.98 Å². The third kappa shape index (κ3) is 1.73. The number of benzene rings is 1. The molecule has 4 N–H and O–H groups in total. The van der Waals surface area contributed by atoms with E-state index in [0.29, 0.717) is 12.5 Å².